The lowest BCUT2D eigenvalue weighted by Gasteiger charge is -2.42. The number of rotatable bonds is 6. The Kier molecular flexibility index (Phi) is 8.77. The van der Waals surface area contributed by atoms with Gasteiger partial charge in [0.05, 0.1) is 35.8 Å². The van der Waals surface area contributed by atoms with Crippen molar-refractivity contribution in [3.8, 4) is 5.75 Å². The summed E-state index contributed by atoms with van der Waals surface area (Å²) in [6.45, 7) is 8.48. The Labute approximate surface area is 255 Å². The fraction of sp³-hybridized carbons (Fsp3) is 0.606. The van der Waals surface area contributed by atoms with Crippen molar-refractivity contribution in [3.63, 3.8) is 0 Å². The molecule has 2 unspecified atom stereocenters. The molecule has 0 bridgehead atoms. The van der Waals surface area contributed by atoms with E-state index in [9.17, 15) is 9.59 Å². The van der Waals surface area contributed by atoms with Crippen LogP contribution in [0.3, 0.4) is 0 Å². The van der Waals surface area contributed by atoms with E-state index in [2.05, 4.69) is 39.1 Å². The largest absolute Gasteiger partial charge is 0.492 e. The third kappa shape index (κ3) is 6.04. The van der Waals surface area contributed by atoms with Crippen LogP contribution in [0.1, 0.15) is 55.8 Å². The number of benzene rings is 1. The van der Waals surface area contributed by atoms with E-state index >= 15 is 0 Å². The molecule has 1 saturated carbocycles. The van der Waals surface area contributed by atoms with Gasteiger partial charge in [0.2, 0.25) is 5.91 Å². The van der Waals surface area contributed by atoms with Gasteiger partial charge in [-0.2, -0.15) is 0 Å². The Morgan fingerprint density at radius 2 is 1.70 bits per heavy atom. The summed E-state index contributed by atoms with van der Waals surface area (Å²) in [6, 6.07) is 8.44. The molecule has 3 fully saturated rings. The van der Waals surface area contributed by atoms with Crippen LogP contribution in [0.15, 0.2) is 30.5 Å². The Bertz CT molecular complexity index is 1320. The predicted molar refractivity (Wildman–Crippen MR) is 171 cm³/mol. The summed E-state index contributed by atoms with van der Waals surface area (Å²) in [5.74, 6) is 1.56. The van der Waals surface area contributed by atoms with Crippen molar-refractivity contribution >= 4 is 34.7 Å². The van der Waals surface area contributed by atoms with Gasteiger partial charge in [0, 0.05) is 77.1 Å². The maximum absolute atomic E-state index is 13.5. The van der Waals surface area contributed by atoms with Crippen molar-refractivity contribution in [1.29, 1.82) is 0 Å². The third-order valence-corrected chi connectivity index (χ3v) is 10.1. The molecule has 2 saturated heterocycles. The molecule has 2 aromatic rings. The SMILES string of the molecule is CCOc1cc(C(=O)N2CCC(N3CCN(C)CC3)CC2)ccc1Nc1cc2c(cn1)N(C)C(=O)C1CCCCC1N2C. The third-order valence-electron chi connectivity index (χ3n) is 10.1. The first-order valence-corrected chi connectivity index (χ1v) is 16.1. The number of hydrogen-bond donors (Lipinski definition) is 1. The Hall–Kier alpha value is -3.37. The molecule has 4 aliphatic rings. The smallest absolute Gasteiger partial charge is 0.253 e. The van der Waals surface area contributed by atoms with Crippen molar-refractivity contribution in [2.24, 2.45) is 5.92 Å². The van der Waals surface area contributed by atoms with Crippen LogP contribution in [-0.4, -0.2) is 111 Å². The van der Waals surface area contributed by atoms with Crippen LogP contribution < -0.4 is 19.9 Å². The molecule has 43 heavy (non-hydrogen) atoms. The molecule has 0 spiro atoms. The molecule has 1 aromatic carbocycles. The molecular weight excluding hydrogens is 542 g/mol. The highest BCUT2D eigenvalue weighted by atomic mass is 16.5. The first-order chi connectivity index (χ1) is 20.8. The molecule has 2 atom stereocenters. The molecular formula is C33H47N7O3. The van der Waals surface area contributed by atoms with Gasteiger partial charge in [-0.15, -0.1) is 0 Å². The van der Waals surface area contributed by atoms with Gasteiger partial charge in [-0.1, -0.05) is 12.8 Å². The molecule has 4 heterocycles. The number of likely N-dealkylation sites (N-methyl/N-ethyl adjacent to an activating group) is 1. The van der Waals surface area contributed by atoms with Crippen LogP contribution in [-0.2, 0) is 4.79 Å². The van der Waals surface area contributed by atoms with Gasteiger partial charge >= 0.3 is 0 Å². The number of nitrogens with zero attached hydrogens (tertiary/aromatic N) is 6. The summed E-state index contributed by atoms with van der Waals surface area (Å²) in [4.78, 5) is 42.5. The predicted octanol–water partition coefficient (Wildman–Crippen LogP) is 4.05. The van der Waals surface area contributed by atoms with Crippen molar-refractivity contribution in [2.75, 3.05) is 82.1 Å². The zero-order valence-electron chi connectivity index (χ0n) is 26.2. The molecule has 1 aliphatic carbocycles. The number of ether oxygens (including phenoxy) is 1. The van der Waals surface area contributed by atoms with Crippen molar-refractivity contribution < 1.29 is 14.3 Å². The normalized spacial score (nSPS) is 23.9. The average molecular weight is 590 g/mol. The summed E-state index contributed by atoms with van der Waals surface area (Å²) < 4.78 is 6.01. The first-order valence-electron chi connectivity index (χ1n) is 16.1. The second-order valence-electron chi connectivity index (χ2n) is 12.7. The average Bonchev–Trinajstić information content (AvgIpc) is 3.11. The van der Waals surface area contributed by atoms with Gasteiger partial charge in [-0.3, -0.25) is 14.5 Å². The first kappa shape index (κ1) is 29.7. The van der Waals surface area contributed by atoms with E-state index in [1.165, 1.54) is 0 Å². The van der Waals surface area contributed by atoms with Crippen LogP contribution in [0.2, 0.25) is 0 Å². The Morgan fingerprint density at radius 1 is 0.953 bits per heavy atom. The maximum Gasteiger partial charge on any atom is 0.253 e. The summed E-state index contributed by atoms with van der Waals surface area (Å²) in [5.41, 5.74) is 3.23. The van der Waals surface area contributed by atoms with Crippen molar-refractivity contribution in [2.45, 2.75) is 57.5 Å². The van der Waals surface area contributed by atoms with E-state index in [0.29, 0.717) is 29.8 Å². The minimum absolute atomic E-state index is 0.0137. The number of pyridine rings is 1. The lowest BCUT2D eigenvalue weighted by Crippen LogP contribution is -2.52. The highest BCUT2D eigenvalue weighted by Gasteiger charge is 2.40. The Balaban J connectivity index is 1.16. The highest BCUT2D eigenvalue weighted by molar-refractivity contribution is 6.00. The molecule has 6 rings (SSSR count). The lowest BCUT2D eigenvalue weighted by atomic mass is 9.83. The summed E-state index contributed by atoms with van der Waals surface area (Å²) in [6.07, 6.45) is 8.02. The number of aromatic nitrogens is 1. The van der Waals surface area contributed by atoms with Gasteiger partial charge in [0.25, 0.3) is 5.91 Å². The van der Waals surface area contributed by atoms with Gasteiger partial charge in [0.1, 0.15) is 11.6 Å². The van der Waals surface area contributed by atoms with Crippen LogP contribution in [0.5, 0.6) is 5.75 Å². The number of piperidine rings is 1. The number of anilines is 4. The number of piperazine rings is 1. The number of hydrogen-bond acceptors (Lipinski definition) is 8. The van der Waals surface area contributed by atoms with E-state index < -0.39 is 0 Å². The van der Waals surface area contributed by atoms with Crippen molar-refractivity contribution in [1.82, 2.24) is 19.7 Å². The van der Waals surface area contributed by atoms with Crippen LogP contribution in [0.25, 0.3) is 0 Å². The van der Waals surface area contributed by atoms with E-state index in [1.807, 2.05) is 43.1 Å². The minimum atomic E-state index is 0.0137. The van der Waals surface area contributed by atoms with Crippen molar-refractivity contribution in [3.05, 3.63) is 36.0 Å². The highest BCUT2D eigenvalue weighted by Crippen LogP contribution is 2.41. The van der Waals surface area contributed by atoms with Gasteiger partial charge in [-0.05, 0) is 57.9 Å². The fourth-order valence-electron chi connectivity index (χ4n) is 7.43. The number of likely N-dealkylation sites (tertiary alicyclic amines) is 1. The molecule has 232 valence electrons. The van der Waals surface area contributed by atoms with Crippen LogP contribution in [0.4, 0.5) is 22.9 Å². The zero-order valence-corrected chi connectivity index (χ0v) is 26.2. The molecule has 3 aliphatic heterocycles. The zero-order chi connectivity index (χ0) is 30.1. The number of amides is 2. The number of fused-ring (bicyclic) bond motifs is 2. The second kappa shape index (κ2) is 12.7. The van der Waals surface area contributed by atoms with Gasteiger partial charge in [0.15, 0.2) is 0 Å². The lowest BCUT2D eigenvalue weighted by molar-refractivity contribution is -0.123. The summed E-state index contributed by atoms with van der Waals surface area (Å²) in [5, 5.41) is 3.44. The van der Waals surface area contributed by atoms with E-state index in [-0.39, 0.29) is 23.8 Å². The standard InChI is InChI=1S/C33H47N7O3/c1-5-43-30-20-23(32(41)40-14-12-24(13-15-40)39-18-16-36(2)17-19-39)10-11-26(30)35-31-21-28-29(22-34-31)38(4)33(42)25-8-6-7-9-27(25)37(28)3/h10-11,20-22,24-25,27H,5-9,12-19H2,1-4H3,(H,34,35). The molecule has 1 aromatic heterocycles. The van der Waals surface area contributed by atoms with Gasteiger partial charge < -0.3 is 29.7 Å². The quantitative estimate of drug-likeness (QED) is 0.541. The number of carbonyl (C=O) groups is 2. The second-order valence-corrected chi connectivity index (χ2v) is 12.7. The topological polar surface area (TPSA) is 84.5 Å². The van der Waals surface area contributed by atoms with E-state index in [1.54, 1.807) is 11.1 Å². The van der Waals surface area contributed by atoms with Gasteiger partial charge in [-0.25, -0.2) is 4.98 Å². The maximum atomic E-state index is 13.5. The monoisotopic (exact) mass is 589 g/mol. The summed E-state index contributed by atoms with van der Waals surface area (Å²) >= 11 is 0. The van der Waals surface area contributed by atoms with Crippen LogP contribution in [0, 0.1) is 5.92 Å². The fourth-order valence-corrected chi connectivity index (χ4v) is 7.43. The minimum Gasteiger partial charge on any atom is -0.492 e. The molecule has 1 N–H and O–H groups in total. The molecule has 10 nitrogen and oxygen atoms in total. The number of carbonyl (C=O) groups excluding carboxylic acids is 2. The molecule has 10 heteroatoms. The van der Waals surface area contributed by atoms with E-state index in [4.69, 9.17) is 4.74 Å². The number of nitrogens with one attached hydrogen (secondary N) is 1. The van der Waals surface area contributed by atoms with Crippen LogP contribution >= 0.6 is 0 Å². The Morgan fingerprint density at radius 3 is 2.44 bits per heavy atom. The summed E-state index contributed by atoms with van der Waals surface area (Å²) in [7, 11) is 6.14. The molecule has 0 radical (unpaired) electrons. The molecule has 2 amide bonds. The van der Waals surface area contributed by atoms with E-state index in [0.717, 1.165) is 94.9 Å².